The summed E-state index contributed by atoms with van der Waals surface area (Å²) in [5, 5.41) is 0.0671. The molecule has 0 aliphatic heterocycles. The van der Waals surface area contributed by atoms with Crippen molar-refractivity contribution in [1.82, 2.24) is 0 Å². The Balaban J connectivity index is 2.50. The van der Waals surface area contributed by atoms with Crippen molar-refractivity contribution in [2.24, 2.45) is 0 Å². The predicted molar refractivity (Wildman–Crippen MR) is 121 cm³/mol. The number of hydrogen-bond donors (Lipinski definition) is 0. The zero-order chi connectivity index (χ0) is 21.6. The molecular weight excluding hydrogens is 380 g/mol. The van der Waals surface area contributed by atoms with Gasteiger partial charge in [-0.05, 0) is 47.2 Å². The van der Waals surface area contributed by atoms with Crippen LogP contribution in [0.2, 0.25) is 0 Å². The molecule has 0 amide bonds. The van der Waals surface area contributed by atoms with Gasteiger partial charge in [0.2, 0.25) is 0 Å². The zero-order valence-corrected chi connectivity index (χ0v) is 18.4. The lowest BCUT2D eigenvalue weighted by Crippen LogP contribution is -2.20. The van der Waals surface area contributed by atoms with E-state index in [9.17, 15) is 9.59 Å². The molecule has 29 heavy (non-hydrogen) atoms. The van der Waals surface area contributed by atoms with Gasteiger partial charge in [-0.25, -0.2) is 0 Å². The Morgan fingerprint density at radius 1 is 0.966 bits per heavy atom. The first-order valence-electron chi connectivity index (χ1n) is 9.54. The normalized spacial score (nSPS) is 11.0. The average Bonchev–Trinajstić information content (AvgIpc) is 2.64. The number of thioether (sulfide) groups is 1. The number of benzene rings is 2. The van der Waals surface area contributed by atoms with E-state index in [1.54, 1.807) is 13.0 Å². The van der Waals surface area contributed by atoms with Gasteiger partial charge < -0.3 is 4.74 Å². The van der Waals surface area contributed by atoms with E-state index < -0.39 is 0 Å². The summed E-state index contributed by atoms with van der Waals surface area (Å²) in [4.78, 5) is 23.9. The van der Waals surface area contributed by atoms with Crippen LogP contribution in [0.15, 0.2) is 66.6 Å². The van der Waals surface area contributed by atoms with Crippen molar-refractivity contribution in [2.45, 2.75) is 50.8 Å². The van der Waals surface area contributed by atoms with E-state index in [0.29, 0.717) is 18.6 Å². The number of carbonyl (C=O) groups is 2. The third kappa shape index (κ3) is 5.70. The monoisotopic (exact) mass is 408 g/mol. The van der Waals surface area contributed by atoms with Crippen molar-refractivity contribution in [3.63, 3.8) is 0 Å². The molecule has 0 aliphatic carbocycles. The summed E-state index contributed by atoms with van der Waals surface area (Å²) in [5.74, 6) is 0.229. The number of allylic oxidation sites excluding steroid dienone is 2. The summed E-state index contributed by atoms with van der Waals surface area (Å²) in [5.41, 5.74) is 4.00. The fraction of sp³-hybridized carbons (Fsp3) is 0.280. The third-order valence-electron chi connectivity index (χ3n) is 4.80. The minimum absolute atomic E-state index is 0.0671. The first-order chi connectivity index (χ1) is 13.7. The molecule has 0 N–H and O–H groups in total. The highest BCUT2D eigenvalue weighted by atomic mass is 32.2. The largest absolute Gasteiger partial charge is 0.426 e. The van der Waals surface area contributed by atoms with Gasteiger partial charge in [-0.2, -0.15) is 0 Å². The average molecular weight is 409 g/mol. The highest BCUT2D eigenvalue weighted by Crippen LogP contribution is 2.37. The van der Waals surface area contributed by atoms with Crippen LogP contribution >= 0.6 is 11.8 Å². The number of carbonyl (C=O) groups excluding carboxylic acids is 2. The lowest BCUT2D eigenvalue weighted by atomic mass is 9.77. The number of rotatable bonds is 8. The lowest BCUT2D eigenvalue weighted by Gasteiger charge is -2.28. The number of hydrogen-bond acceptors (Lipinski definition) is 4. The van der Waals surface area contributed by atoms with Crippen LogP contribution in [-0.2, 0) is 27.8 Å². The Bertz CT molecular complexity index is 866. The first-order valence-corrected chi connectivity index (χ1v) is 10.4. The van der Waals surface area contributed by atoms with Crippen LogP contribution in [0.1, 0.15) is 49.9 Å². The van der Waals surface area contributed by atoms with Crippen molar-refractivity contribution in [2.75, 3.05) is 0 Å². The van der Waals surface area contributed by atoms with Gasteiger partial charge in [0.05, 0.1) is 0 Å². The summed E-state index contributed by atoms with van der Waals surface area (Å²) < 4.78 is 5.34. The molecule has 0 aliphatic rings. The van der Waals surface area contributed by atoms with E-state index in [4.69, 9.17) is 4.74 Å². The van der Waals surface area contributed by atoms with Gasteiger partial charge in [0.1, 0.15) is 5.75 Å². The fourth-order valence-electron chi connectivity index (χ4n) is 3.24. The van der Waals surface area contributed by atoms with Crippen LogP contribution in [0.3, 0.4) is 0 Å². The van der Waals surface area contributed by atoms with Gasteiger partial charge in [0.25, 0.3) is 0 Å². The molecule has 0 aromatic heterocycles. The quantitative estimate of drug-likeness (QED) is 0.231. The maximum atomic E-state index is 11.6. The SMILES string of the molecule is C=CCc1cc(C(C)(C)c2ccc(SC(C)=O)c(CC=C)c2)ccc1OC(C)=O. The van der Waals surface area contributed by atoms with Gasteiger partial charge in [0, 0.05) is 24.2 Å². The highest BCUT2D eigenvalue weighted by Gasteiger charge is 2.25. The van der Waals surface area contributed by atoms with E-state index in [1.807, 2.05) is 24.3 Å². The van der Waals surface area contributed by atoms with Crippen molar-refractivity contribution in [3.8, 4) is 5.75 Å². The summed E-state index contributed by atoms with van der Waals surface area (Å²) in [7, 11) is 0. The maximum absolute atomic E-state index is 11.6. The summed E-state index contributed by atoms with van der Waals surface area (Å²) >= 11 is 1.25. The summed E-state index contributed by atoms with van der Waals surface area (Å²) in [6.45, 7) is 15.0. The molecule has 2 aromatic rings. The molecule has 0 heterocycles. The molecule has 0 saturated carbocycles. The molecule has 0 unspecified atom stereocenters. The van der Waals surface area contributed by atoms with E-state index >= 15 is 0 Å². The summed E-state index contributed by atoms with van der Waals surface area (Å²) in [6.07, 6.45) is 4.97. The van der Waals surface area contributed by atoms with Crippen molar-refractivity contribution >= 4 is 22.8 Å². The second kappa shape index (κ2) is 9.75. The molecular formula is C25H28O3S. The molecule has 4 heteroatoms. The number of esters is 1. The molecule has 0 spiro atoms. The molecule has 0 atom stereocenters. The Morgan fingerprint density at radius 2 is 1.52 bits per heavy atom. The van der Waals surface area contributed by atoms with E-state index in [0.717, 1.165) is 27.1 Å². The molecule has 0 radical (unpaired) electrons. The first kappa shape index (κ1) is 22.7. The van der Waals surface area contributed by atoms with Crippen LogP contribution in [0.5, 0.6) is 5.75 Å². The Morgan fingerprint density at radius 3 is 2.07 bits per heavy atom. The number of ether oxygens (including phenoxy) is 1. The van der Waals surface area contributed by atoms with Crippen LogP contribution in [0.25, 0.3) is 0 Å². The third-order valence-corrected chi connectivity index (χ3v) is 5.71. The zero-order valence-electron chi connectivity index (χ0n) is 17.6. The van der Waals surface area contributed by atoms with Gasteiger partial charge in [-0.15, -0.1) is 13.2 Å². The highest BCUT2D eigenvalue weighted by molar-refractivity contribution is 8.13. The second-order valence-electron chi connectivity index (χ2n) is 7.44. The van der Waals surface area contributed by atoms with Crippen LogP contribution in [-0.4, -0.2) is 11.1 Å². The minimum Gasteiger partial charge on any atom is -0.426 e. The van der Waals surface area contributed by atoms with E-state index in [1.165, 1.54) is 18.7 Å². The molecule has 2 aromatic carbocycles. The molecule has 2 rings (SSSR count). The molecule has 0 bridgehead atoms. The Kier molecular flexibility index (Phi) is 7.63. The van der Waals surface area contributed by atoms with Gasteiger partial charge >= 0.3 is 5.97 Å². The van der Waals surface area contributed by atoms with Crippen LogP contribution in [0.4, 0.5) is 0 Å². The predicted octanol–water partition coefficient (Wildman–Crippen LogP) is 6.03. The van der Waals surface area contributed by atoms with E-state index in [2.05, 4.69) is 45.2 Å². The van der Waals surface area contributed by atoms with Gasteiger partial charge in [-0.1, -0.05) is 62.0 Å². The standard InChI is InChI=1S/C25H28O3S/c1-7-9-19-15-21(11-13-23(19)28-17(3)26)25(5,6)22-12-14-24(29-18(4)27)20(16-22)10-8-2/h7-8,11-16H,1-2,9-10H2,3-6H3. The van der Waals surface area contributed by atoms with Crippen molar-refractivity contribution < 1.29 is 14.3 Å². The Labute approximate surface area is 177 Å². The van der Waals surface area contributed by atoms with Crippen molar-refractivity contribution in [1.29, 1.82) is 0 Å². The van der Waals surface area contributed by atoms with Gasteiger partial charge in [-0.3, -0.25) is 9.59 Å². The summed E-state index contributed by atoms with van der Waals surface area (Å²) in [6, 6.07) is 12.2. The Hall–Kier alpha value is -2.59. The fourth-order valence-corrected chi connectivity index (χ4v) is 3.96. The van der Waals surface area contributed by atoms with Gasteiger partial charge in [0.15, 0.2) is 5.12 Å². The minimum atomic E-state index is -0.338. The molecule has 152 valence electrons. The lowest BCUT2D eigenvalue weighted by molar-refractivity contribution is -0.131. The molecule has 0 fully saturated rings. The second-order valence-corrected chi connectivity index (χ2v) is 8.66. The smallest absolute Gasteiger partial charge is 0.308 e. The maximum Gasteiger partial charge on any atom is 0.308 e. The van der Waals surface area contributed by atoms with Crippen molar-refractivity contribution in [3.05, 3.63) is 84.0 Å². The van der Waals surface area contributed by atoms with Crippen LogP contribution in [0, 0.1) is 0 Å². The van der Waals surface area contributed by atoms with Crippen LogP contribution < -0.4 is 4.74 Å². The van der Waals surface area contributed by atoms with E-state index in [-0.39, 0.29) is 16.5 Å². The molecule has 3 nitrogen and oxygen atoms in total. The topological polar surface area (TPSA) is 43.4 Å². The molecule has 0 saturated heterocycles.